The highest BCUT2D eigenvalue weighted by Crippen LogP contribution is 2.23. The summed E-state index contributed by atoms with van der Waals surface area (Å²) in [6.45, 7) is 0.468. The molecular formula is C11H19NO5S2. The minimum absolute atomic E-state index is 0.0303. The molecule has 0 spiro atoms. The van der Waals surface area contributed by atoms with E-state index < -0.39 is 15.8 Å². The first-order valence-electron chi connectivity index (χ1n) is 6.19. The minimum atomic E-state index is -2.88. The Morgan fingerprint density at radius 3 is 2.63 bits per heavy atom. The topological polar surface area (TPSA) is 101 Å². The summed E-state index contributed by atoms with van der Waals surface area (Å²) < 4.78 is 22.4. The van der Waals surface area contributed by atoms with Crippen molar-refractivity contribution in [3.05, 3.63) is 0 Å². The molecule has 0 aromatic carbocycles. The molecule has 1 amide bonds. The highest BCUT2D eigenvalue weighted by Gasteiger charge is 2.28. The summed E-state index contributed by atoms with van der Waals surface area (Å²) in [5.41, 5.74) is 0. The average Bonchev–Trinajstić information content (AvgIpc) is 2.65. The SMILES string of the molecule is O=C(O)CCCCNC(=O)CSC1CCS(=O)(=O)C1. The molecule has 0 bridgehead atoms. The summed E-state index contributed by atoms with van der Waals surface area (Å²) in [6, 6.07) is 0. The maximum atomic E-state index is 11.5. The van der Waals surface area contributed by atoms with Gasteiger partial charge in [-0.25, -0.2) is 8.42 Å². The minimum Gasteiger partial charge on any atom is -0.481 e. The smallest absolute Gasteiger partial charge is 0.303 e. The molecule has 0 saturated carbocycles. The fraction of sp³-hybridized carbons (Fsp3) is 0.818. The number of carbonyl (C=O) groups excluding carboxylic acids is 1. The van der Waals surface area contributed by atoms with E-state index in [1.165, 1.54) is 11.8 Å². The lowest BCUT2D eigenvalue weighted by Gasteiger charge is -2.08. The molecule has 1 atom stereocenters. The van der Waals surface area contributed by atoms with Crippen LogP contribution in [0.3, 0.4) is 0 Å². The second kappa shape index (κ2) is 7.74. The van der Waals surface area contributed by atoms with E-state index in [2.05, 4.69) is 5.32 Å². The van der Waals surface area contributed by atoms with Crippen LogP contribution < -0.4 is 5.32 Å². The zero-order valence-electron chi connectivity index (χ0n) is 10.6. The molecule has 0 aromatic heterocycles. The monoisotopic (exact) mass is 309 g/mol. The van der Waals surface area contributed by atoms with Gasteiger partial charge in [-0.15, -0.1) is 11.8 Å². The predicted octanol–water partition coefficient (Wildman–Crippen LogP) is 0.278. The molecule has 1 unspecified atom stereocenters. The van der Waals surface area contributed by atoms with Crippen molar-refractivity contribution in [2.45, 2.75) is 30.9 Å². The number of carbonyl (C=O) groups is 2. The van der Waals surface area contributed by atoms with E-state index in [1.807, 2.05) is 0 Å². The van der Waals surface area contributed by atoms with Crippen LogP contribution in [0.15, 0.2) is 0 Å². The second-order valence-corrected chi connectivity index (χ2v) is 8.05. The first-order chi connectivity index (χ1) is 8.89. The number of amides is 1. The van der Waals surface area contributed by atoms with E-state index >= 15 is 0 Å². The Balaban J connectivity index is 2.04. The van der Waals surface area contributed by atoms with Crippen molar-refractivity contribution in [3.8, 4) is 0 Å². The van der Waals surface area contributed by atoms with Crippen molar-refractivity contribution in [3.63, 3.8) is 0 Å². The molecule has 110 valence electrons. The molecule has 2 N–H and O–H groups in total. The average molecular weight is 309 g/mol. The summed E-state index contributed by atoms with van der Waals surface area (Å²) in [5, 5.41) is 11.2. The molecule has 1 saturated heterocycles. The van der Waals surface area contributed by atoms with E-state index in [4.69, 9.17) is 5.11 Å². The lowest BCUT2D eigenvalue weighted by molar-refractivity contribution is -0.137. The van der Waals surface area contributed by atoms with Gasteiger partial charge >= 0.3 is 5.97 Å². The Morgan fingerprint density at radius 1 is 1.32 bits per heavy atom. The van der Waals surface area contributed by atoms with Gasteiger partial charge in [0.25, 0.3) is 0 Å². The standard InChI is InChI=1S/C11H19NO5S2/c13-10(12-5-2-1-3-11(14)15)7-18-9-4-6-19(16,17)8-9/h9H,1-8H2,(H,12,13)(H,14,15). The summed E-state index contributed by atoms with van der Waals surface area (Å²) in [5.74, 6) is -0.293. The zero-order chi connectivity index (χ0) is 14.3. The Bertz CT molecular complexity index is 421. The number of unbranched alkanes of at least 4 members (excludes halogenated alkanes) is 1. The third-order valence-electron chi connectivity index (χ3n) is 2.78. The number of carboxylic acids is 1. The van der Waals surface area contributed by atoms with Crippen LogP contribution in [-0.2, 0) is 19.4 Å². The highest BCUT2D eigenvalue weighted by atomic mass is 32.2. The van der Waals surface area contributed by atoms with E-state index in [0.29, 0.717) is 25.8 Å². The van der Waals surface area contributed by atoms with Crippen molar-refractivity contribution < 1.29 is 23.1 Å². The van der Waals surface area contributed by atoms with Crippen LogP contribution in [0.4, 0.5) is 0 Å². The molecule has 1 aliphatic rings. The van der Waals surface area contributed by atoms with Crippen molar-refractivity contribution in [1.29, 1.82) is 0 Å². The fourth-order valence-electron chi connectivity index (χ4n) is 1.77. The van der Waals surface area contributed by atoms with Gasteiger partial charge in [-0.2, -0.15) is 0 Å². The van der Waals surface area contributed by atoms with Crippen LogP contribution in [0.1, 0.15) is 25.7 Å². The third-order valence-corrected chi connectivity index (χ3v) is 6.06. The summed E-state index contributed by atoms with van der Waals surface area (Å²) >= 11 is 1.38. The molecule has 1 fully saturated rings. The van der Waals surface area contributed by atoms with Crippen molar-refractivity contribution in [2.75, 3.05) is 23.8 Å². The van der Waals surface area contributed by atoms with Crippen LogP contribution in [0.25, 0.3) is 0 Å². The molecule has 1 heterocycles. The molecule has 19 heavy (non-hydrogen) atoms. The molecular weight excluding hydrogens is 290 g/mol. The Hall–Kier alpha value is -0.760. The van der Waals surface area contributed by atoms with Gasteiger partial charge in [0.2, 0.25) is 5.91 Å². The Morgan fingerprint density at radius 2 is 2.05 bits per heavy atom. The lowest BCUT2D eigenvalue weighted by Crippen LogP contribution is -2.27. The van der Waals surface area contributed by atoms with Gasteiger partial charge in [-0.05, 0) is 19.3 Å². The number of nitrogens with one attached hydrogen (secondary N) is 1. The Kier molecular flexibility index (Phi) is 6.64. The van der Waals surface area contributed by atoms with Gasteiger partial charge in [-0.1, -0.05) is 0 Å². The number of thioether (sulfide) groups is 1. The van der Waals surface area contributed by atoms with Gasteiger partial charge in [0.1, 0.15) is 0 Å². The molecule has 0 aromatic rings. The molecule has 6 nitrogen and oxygen atoms in total. The molecule has 0 aliphatic carbocycles. The molecule has 0 radical (unpaired) electrons. The number of sulfone groups is 1. The van der Waals surface area contributed by atoms with Gasteiger partial charge < -0.3 is 10.4 Å². The first-order valence-corrected chi connectivity index (χ1v) is 9.06. The predicted molar refractivity (Wildman–Crippen MR) is 74.0 cm³/mol. The molecule has 8 heteroatoms. The number of hydrogen-bond acceptors (Lipinski definition) is 5. The van der Waals surface area contributed by atoms with Crippen LogP contribution >= 0.6 is 11.8 Å². The second-order valence-electron chi connectivity index (χ2n) is 4.54. The van der Waals surface area contributed by atoms with E-state index in [1.54, 1.807) is 0 Å². The number of rotatable bonds is 8. The molecule has 1 aliphatic heterocycles. The van der Waals surface area contributed by atoms with Gasteiger partial charge in [0.15, 0.2) is 9.84 Å². The van der Waals surface area contributed by atoms with Crippen LogP contribution in [0, 0.1) is 0 Å². The zero-order valence-corrected chi connectivity index (χ0v) is 12.3. The lowest BCUT2D eigenvalue weighted by atomic mass is 10.2. The van der Waals surface area contributed by atoms with Crippen molar-refractivity contribution in [2.24, 2.45) is 0 Å². The van der Waals surface area contributed by atoms with Crippen molar-refractivity contribution in [1.82, 2.24) is 5.32 Å². The summed E-state index contributed by atoms with van der Waals surface area (Å²) in [6.07, 6.45) is 1.92. The maximum absolute atomic E-state index is 11.5. The Labute approximate surface area is 117 Å². The van der Waals surface area contributed by atoms with Crippen LogP contribution in [-0.4, -0.2) is 54.5 Å². The fourth-order valence-corrected chi connectivity index (χ4v) is 5.24. The third kappa shape index (κ3) is 7.41. The van der Waals surface area contributed by atoms with Crippen LogP contribution in [0.5, 0.6) is 0 Å². The van der Waals surface area contributed by atoms with Gasteiger partial charge in [0, 0.05) is 18.2 Å². The number of carboxylic acid groups (broad SMARTS) is 1. The number of aliphatic carboxylic acids is 1. The van der Waals surface area contributed by atoms with Gasteiger partial charge in [0.05, 0.1) is 17.3 Å². The molecule has 1 rings (SSSR count). The quantitative estimate of drug-likeness (QED) is 0.625. The van der Waals surface area contributed by atoms with E-state index in [-0.39, 0.29) is 34.8 Å². The van der Waals surface area contributed by atoms with E-state index in [0.717, 1.165) is 0 Å². The highest BCUT2D eigenvalue weighted by molar-refractivity contribution is 8.02. The number of hydrogen-bond donors (Lipinski definition) is 2. The maximum Gasteiger partial charge on any atom is 0.303 e. The van der Waals surface area contributed by atoms with Gasteiger partial charge in [-0.3, -0.25) is 9.59 Å². The summed E-state index contributed by atoms with van der Waals surface area (Å²) in [4.78, 5) is 21.7. The van der Waals surface area contributed by atoms with E-state index in [9.17, 15) is 18.0 Å². The van der Waals surface area contributed by atoms with Crippen molar-refractivity contribution >= 4 is 33.5 Å². The van der Waals surface area contributed by atoms with Crippen LogP contribution in [0.2, 0.25) is 0 Å². The first kappa shape index (κ1) is 16.3. The largest absolute Gasteiger partial charge is 0.481 e. The normalized spacial score (nSPS) is 21.2. The summed E-state index contributed by atoms with van der Waals surface area (Å²) in [7, 11) is -2.88.